The molecule has 0 radical (unpaired) electrons. The minimum atomic E-state index is -0.872. The van der Waals surface area contributed by atoms with E-state index < -0.39 is 17.9 Å². The maximum Gasteiger partial charge on any atom is 0.355 e. The zero-order valence-electron chi connectivity index (χ0n) is 16.0. The Labute approximate surface area is 168 Å². The Kier molecular flexibility index (Phi) is 5.65. The Hall–Kier alpha value is -4.05. The minimum Gasteiger partial charge on any atom is -0.466 e. The Balaban J connectivity index is 2.40. The molecule has 2 aromatic rings. The average molecular weight is 389 g/mol. The second-order valence-corrected chi connectivity index (χ2v) is 6.17. The van der Waals surface area contributed by atoms with E-state index in [1.54, 1.807) is 54.6 Å². The summed E-state index contributed by atoms with van der Waals surface area (Å²) in [7, 11) is 2.43. The fourth-order valence-electron chi connectivity index (χ4n) is 3.36. The molecule has 0 saturated heterocycles. The summed E-state index contributed by atoms with van der Waals surface area (Å²) < 4.78 is 9.94. The normalized spacial score (nSPS) is 16.3. The van der Waals surface area contributed by atoms with E-state index in [0.717, 1.165) is 0 Å². The first-order chi connectivity index (χ1) is 14.0. The van der Waals surface area contributed by atoms with Gasteiger partial charge in [-0.05, 0) is 17.7 Å². The molecule has 1 aliphatic rings. The Morgan fingerprint density at radius 1 is 0.966 bits per heavy atom. The van der Waals surface area contributed by atoms with Crippen LogP contribution in [-0.2, 0) is 19.1 Å². The van der Waals surface area contributed by atoms with Gasteiger partial charge in [0.1, 0.15) is 11.5 Å². The quantitative estimate of drug-likeness (QED) is 0.801. The number of methoxy groups -OCH3 is 2. The van der Waals surface area contributed by atoms with Crippen molar-refractivity contribution in [1.82, 2.24) is 0 Å². The van der Waals surface area contributed by atoms with Crippen molar-refractivity contribution in [3.8, 4) is 6.07 Å². The van der Waals surface area contributed by atoms with Crippen molar-refractivity contribution in [2.75, 3.05) is 19.1 Å². The number of carbonyl (C=O) groups is 2. The molecule has 1 aliphatic heterocycles. The average Bonchev–Trinajstić information content (AvgIpc) is 2.78. The van der Waals surface area contributed by atoms with E-state index in [2.05, 4.69) is 6.07 Å². The van der Waals surface area contributed by atoms with E-state index >= 15 is 0 Å². The lowest BCUT2D eigenvalue weighted by Gasteiger charge is -2.35. The molecule has 2 aromatic carbocycles. The molecule has 0 amide bonds. The van der Waals surface area contributed by atoms with Crippen LogP contribution in [0.2, 0.25) is 0 Å². The van der Waals surface area contributed by atoms with Gasteiger partial charge in [-0.1, -0.05) is 48.5 Å². The Morgan fingerprint density at radius 3 is 2.03 bits per heavy atom. The van der Waals surface area contributed by atoms with E-state index in [1.165, 1.54) is 19.1 Å². The highest BCUT2D eigenvalue weighted by atomic mass is 16.5. The number of rotatable bonds is 4. The number of ether oxygens (including phenoxy) is 2. The van der Waals surface area contributed by atoms with Crippen molar-refractivity contribution < 1.29 is 19.1 Å². The van der Waals surface area contributed by atoms with Gasteiger partial charge in [-0.25, -0.2) is 9.59 Å². The molecule has 0 aliphatic carbocycles. The van der Waals surface area contributed by atoms with E-state index in [9.17, 15) is 14.9 Å². The number of benzene rings is 2. The van der Waals surface area contributed by atoms with Gasteiger partial charge in [-0.3, -0.25) is 4.90 Å². The maximum atomic E-state index is 12.8. The molecule has 2 N–H and O–H groups in total. The largest absolute Gasteiger partial charge is 0.466 e. The second-order valence-electron chi connectivity index (χ2n) is 6.17. The van der Waals surface area contributed by atoms with Crippen LogP contribution in [0.4, 0.5) is 5.69 Å². The number of allylic oxidation sites excluding steroid dienone is 1. The lowest BCUT2D eigenvalue weighted by atomic mass is 9.81. The van der Waals surface area contributed by atoms with Gasteiger partial charge < -0.3 is 15.2 Å². The number of hydrogen-bond acceptors (Lipinski definition) is 7. The van der Waals surface area contributed by atoms with Crippen molar-refractivity contribution in [3.63, 3.8) is 0 Å². The van der Waals surface area contributed by atoms with Gasteiger partial charge in [-0.15, -0.1) is 0 Å². The minimum absolute atomic E-state index is 0.0137. The lowest BCUT2D eigenvalue weighted by Crippen LogP contribution is -2.40. The van der Waals surface area contributed by atoms with Gasteiger partial charge in [0, 0.05) is 5.69 Å². The molecule has 29 heavy (non-hydrogen) atoms. The van der Waals surface area contributed by atoms with Crippen LogP contribution < -0.4 is 10.6 Å². The first kappa shape index (κ1) is 19.7. The predicted octanol–water partition coefficient (Wildman–Crippen LogP) is 2.58. The third kappa shape index (κ3) is 3.44. The number of esters is 2. The summed E-state index contributed by atoms with van der Waals surface area (Å²) in [4.78, 5) is 27.0. The lowest BCUT2D eigenvalue weighted by molar-refractivity contribution is -0.139. The molecule has 1 unspecified atom stereocenters. The fraction of sp³-hybridized carbons (Fsp3) is 0.136. The van der Waals surface area contributed by atoms with Crippen molar-refractivity contribution in [1.29, 1.82) is 5.26 Å². The zero-order chi connectivity index (χ0) is 21.0. The van der Waals surface area contributed by atoms with Crippen LogP contribution in [0.5, 0.6) is 0 Å². The first-order valence-corrected chi connectivity index (χ1v) is 8.75. The standard InChI is InChI=1S/C22H19N3O4/c1-28-21(26)18-17(14-9-5-3-6-10-14)16(13-23)20(24)25(19(18)22(27)29-2)15-11-7-4-8-12-15/h3-12,17H,24H2,1-2H3. The highest BCUT2D eigenvalue weighted by molar-refractivity contribution is 6.06. The number of nitriles is 1. The molecule has 0 saturated carbocycles. The van der Waals surface area contributed by atoms with Gasteiger partial charge in [0.05, 0.1) is 37.4 Å². The van der Waals surface area contributed by atoms with Crippen LogP contribution in [0.3, 0.4) is 0 Å². The summed E-state index contributed by atoms with van der Waals surface area (Å²) in [6, 6.07) is 19.7. The number of nitrogens with zero attached hydrogens (tertiary/aromatic N) is 2. The molecule has 0 fully saturated rings. The number of hydrogen-bond donors (Lipinski definition) is 1. The van der Waals surface area contributed by atoms with Crippen molar-refractivity contribution >= 4 is 17.6 Å². The van der Waals surface area contributed by atoms with Gasteiger partial charge >= 0.3 is 11.9 Å². The van der Waals surface area contributed by atoms with E-state index in [4.69, 9.17) is 15.2 Å². The molecule has 1 heterocycles. The molecular formula is C22H19N3O4. The van der Waals surface area contributed by atoms with Crippen molar-refractivity contribution in [2.45, 2.75) is 5.92 Å². The molecular weight excluding hydrogens is 370 g/mol. The van der Waals surface area contributed by atoms with E-state index in [1.807, 2.05) is 6.07 Å². The summed E-state index contributed by atoms with van der Waals surface area (Å²) in [6.07, 6.45) is 0. The molecule has 0 bridgehead atoms. The molecule has 7 heteroatoms. The summed E-state index contributed by atoms with van der Waals surface area (Å²) in [5.41, 5.74) is 7.53. The predicted molar refractivity (Wildman–Crippen MR) is 106 cm³/mol. The summed E-state index contributed by atoms with van der Waals surface area (Å²) in [5.74, 6) is -2.35. The topological polar surface area (TPSA) is 106 Å². The third-order valence-electron chi connectivity index (χ3n) is 4.62. The SMILES string of the molecule is COC(=O)C1=C(C(=O)OC)N(c2ccccc2)C(N)=C(C#N)C1c1ccccc1. The molecule has 0 spiro atoms. The van der Waals surface area contributed by atoms with Crippen LogP contribution in [0.1, 0.15) is 11.5 Å². The highest BCUT2D eigenvalue weighted by Crippen LogP contribution is 2.42. The summed E-state index contributed by atoms with van der Waals surface area (Å²) in [5, 5.41) is 9.91. The first-order valence-electron chi connectivity index (χ1n) is 8.75. The van der Waals surface area contributed by atoms with Crippen LogP contribution in [-0.4, -0.2) is 26.2 Å². The second kappa shape index (κ2) is 8.31. The highest BCUT2D eigenvalue weighted by Gasteiger charge is 2.42. The molecule has 3 rings (SSSR count). The van der Waals surface area contributed by atoms with Gasteiger partial charge in [-0.2, -0.15) is 5.26 Å². The third-order valence-corrected chi connectivity index (χ3v) is 4.62. The zero-order valence-corrected chi connectivity index (χ0v) is 16.0. The molecule has 1 atom stereocenters. The van der Waals surface area contributed by atoms with Gasteiger partial charge in [0.15, 0.2) is 0 Å². The molecule has 7 nitrogen and oxygen atoms in total. The van der Waals surface area contributed by atoms with Crippen LogP contribution in [0, 0.1) is 11.3 Å². The van der Waals surface area contributed by atoms with Crippen molar-refractivity contribution in [3.05, 3.63) is 88.9 Å². The number of anilines is 1. The van der Waals surface area contributed by atoms with E-state index in [-0.39, 0.29) is 22.7 Å². The van der Waals surface area contributed by atoms with Gasteiger partial charge in [0.2, 0.25) is 0 Å². The van der Waals surface area contributed by atoms with Gasteiger partial charge in [0.25, 0.3) is 0 Å². The summed E-state index contributed by atoms with van der Waals surface area (Å²) >= 11 is 0. The number of carbonyl (C=O) groups excluding carboxylic acids is 2. The van der Waals surface area contributed by atoms with Crippen LogP contribution in [0.15, 0.2) is 83.3 Å². The molecule has 146 valence electrons. The van der Waals surface area contributed by atoms with E-state index in [0.29, 0.717) is 11.3 Å². The molecule has 0 aromatic heterocycles. The smallest absolute Gasteiger partial charge is 0.355 e. The maximum absolute atomic E-state index is 12.8. The number of nitrogens with two attached hydrogens (primary N) is 1. The fourth-order valence-corrected chi connectivity index (χ4v) is 3.36. The number of para-hydroxylation sites is 1. The monoisotopic (exact) mass is 389 g/mol. The van der Waals surface area contributed by atoms with Crippen LogP contribution in [0.25, 0.3) is 0 Å². The van der Waals surface area contributed by atoms with Crippen LogP contribution >= 0.6 is 0 Å². The Morgan fingerprint density at radius 2 is 1.52 bits per heavy atom. The summed E-state index contributed by atoms with van der Waals surface area (Å²) in [6.45, 7) is 0. The van der Waals surface area contributed by atoms with Crippen molar-refractivity contribution in [2.24, 2.45) is 5.73 Å². The Bertz CT molecular complexity index is 1040.